The highest BCUT2D eigenvalue weighted by Gasteiger charge is 2.13. The quantitative estimate of drug-likeness (QED) is 0.882. The molecule has 3 nitrogen and oxygen atoms in total. The molecule has 0 aliphatic heterocycles. The standard InChI is InChI=1S/C12H13FN2OS2/c1-7-8(2)17-12(15-7)6-18(16)11-4-3-9(14)5-10(11)13/h3-5H,6,14H2,1-2H3. The fourth-order valence-electron chi connectivity index (χ4n) is 1.49. The predicted octanol–water partition coefficient (Wildman–Crippen LogP) is 2.79. The summed E-state index contributed by atoms with van der Waals surface area (Å²) in [5.74, 6) is -0.293. The Morgan fingerprint density at radius 3 is 2.72 bits per heavy atom. The lowest BCUT2D eigenvalue weighted by atomic mass is 10.3. The number of thiazole rings is 1. The van der Waals surface area contributed by atoms with E-state index in [1.54, 1.807) is 6.07 Å². The third kappa shape index (κ3) is 2.76. The summed E-state index contributed by atoms with van der Waals surface area (Å²) in [6.07, 6.45) is 0. The molecule has 1 aromatic carbocycles. The monoisotopic (exact) mass is 284 g/mol. The number of halogens is 1. The topological polar surface area (TPSA) is 56.0 Å². The molecular formula is C12H13FN2OS2. The van der Waals surface area contributed by atoms with Crippen LogP contribution in [0.2, 0.25) is 0 Å². The van der Waals surface area contributed by atoms with Gasteiger partial charge in [0.1, 0.15) is 10.8 Å². The molecule has 0 aliphatic carbocycles. The molecule has 0 saturated carbocycles. The van der Waals surface area contributed by atoms with Crippen molar-refractivity contribution in [2.24, 2.45) is 0 Å². The number of nitrogens with two attached hydrogens (primary N) is 1. The summed E-state index contributed by atoms with van der Waals surface area (Å²) in [5.41, 5.74) is 6.72. The van der Waals surface area contributed by atoms with Crippen LogP contribution >= 0.6 is 11.3 Å². The lowest BCUT2D eigenvalue weighted by Gasteiger charge is -2.02. The third-order valence-electron chi connectivity index (χ3n) is 2.53. The molecule has 0 amide bonds. The van der Waals surface area contributed by atoms with Gasteiger partial charge >= 0.3 is 0 Å². The molecular weight excluding hydrogens is 271 g/mol. The summed E-state index contributed by atoms with van der Waals surface area (Å²) >= 11 is 1.50. The minimum absolute atomic E-state index is 0.176. The molecule has 1 unspecified atom stereocenters. The average molecular weight is 284 g/mol. The minimum atomic E-state index is -1.43. The molecule has 2 rings (SSSR count). The summed E-state index contributed by atoms with van der Waals surface area (Å²) in [7, 11) is -1.43. The first-order chi connectivity index (χ1) is 8.47. The fraction of sp³-hybridized carbons (Fsp3) is 0.250. The summed E-state index contributed by atoms with van der Waals surface area (Å²) in [6.45, 7) is 3.87. The summed E-state index contributed by atoms with van der Waals surface area (Å²) in [6, 6.07) is 4.20. The summed E-state index contributed by atoms with van der Waals surface area (Å²) in [5, 5.41) is 0.763. The van der Waals surface area contributed by atoms with Gasteiger partial charge in [-0.3, -0.25) is 4.21 Å². The van der Waals surface area contributed by atoms with E-state index in [-0.39, 0.29) is 10.6 Å². The highest BCUT2D eigenvalue weighted by Crippen LogP contribution is 2.22. The van der Waals surface area contributed by atoms with E-state index in [0.29, 0.717) is 5.69 Å². The molecule has 1 aromatic heterocycles. The van der Waals surface area contributed by atoms with Crippen LogP contribution in [-0.4, -0.2) is 9.19 Å². The van der Waals surface area contributed by atoms with Crippen LogP contribution in [-0.2, 0) is 16.6 Å². The maximum atomic E-state index is 13.6. The van der Waals surface area contributed by atoms with Crippen molar-refractivity contribution in [1.29, 1.82) is 0 Å². The summed E-state index contributed by atoms with van der Waals surface area (Å²) < 4.78 is 25.7. The first-order valence-electron chi connectivity index (χ1n) is 5.33. The maximum absolute atomic E-state index is 13.6. The molecule has 0 aliphatic rings. The number of hydrogen-bond donors (Lipinski definition) is 1. The number of anilines is 1. The van der Waals surface area contributed by atoms with Crippen molar-refractivity contribution in [3.63, 3.8) is 0 Å². The Labute approximate surface area is 111 Å². The van der Waals surface area contributed by atoms with E-state index < -0.39 is 16.6 Å². The number of benzene rings is 1. The van der Waals surface area contributed by atoms with Crippen molar-refractivity contribution < 1.29 is 8.60 Å². The van der Waals surface area contributed by atoms with Crippen LogP contribution in [0.25, 0.3) is 0 Å². The van der Waals surface area contributed by atoms with E-state index in [9.17, 15) is 8.60 Å². The van der Waals surface area contributed by atoms with Gasteiger partial charge in [-0.05, 0) is 32.0 Å². The Balaban J connectivity index is 2.22. The van der Waals surface area contributed by atoms with Crippen LogP contribution < -0.4 is 5.73 Å². The molecule has 96 valence electrons. The van der Waals surface area contributed by atoms with E-state index in [0.717, 1.165) is 15.6 Å². The van der Waals surface area contributed by atoms with Crippen LogP contribution in [0.1, 0.15) is 15.6 Å². The van der Waals surface area contributed by atoms with Gasteiger partial charge < -0.3 is 5.73 Å². The Morgan fingerprint density at radius 1 is 1.44 bits per heavy atom. The Morgan fingerprint density at radius 2 is 2.17 bits per heavy atom. The highest BCUT2D eigenvalue weighted by molar-refractivity contribution is 7.84. The average Bonchev–Trinajstić information content (AvgIpc) is 2.57. The zero-order chi connectivity index (χ0) is 13.3. The van der Waals surface area contributed by atoms with Crippen LogP contribution in [0.5, 0.6) is 0 Å². The second-order valence-corrected chi connectivity index (χ2v) is 6.64. The number of hydrogen-bond acceptors (Lipinski definition) is 4. The molecule has 0 radical (unpaired) electrons. The molecule has 2 N–H and O–H groups in total. The summed E-state index contributed by atoms with van der Waals surface area (Å²) in [4.78, 5) is 5.57. The zero-order valence-electron chi connectivity index (χ0n) is 10.1. The molecule has 0 fully saturated rings. The minimum Gasteiger partial charge on any atom is -0.399 e. The van der Waals surface area contributed by atoms with E-state index in [4.69, 9.17) is 5.73 Å². The SMILES string of the molecule is Cc1nc(CS(=O)c2ccc(N)cc2F)sc1C. The molecule has 6 heteroatoms. The largest absolute Gasteiger partial charge is 0.399 e. The van der Waals surface area contributed by atoms with E-state index in [1.807, 2.05) is 13.8 Å². The molecule has 1 heterocycles. The molecule has 1 atom stereocenters. The number of aromatic nitrogens is 1. The van der Waals surface area contributed by atoms with Crippen LogP contribution in [0.3, 0.4) is 0 Å². The van der Waals surface area contributed by atoms with E-state index in [1.165, 1.54) is 23.5 Å². The van der Waals surface area contributed by atoms with Crippen molar-refractivity contribution in [2.45, 2.75) is 24.5 Å². The van der Waals surface area contributed by atoms with Crippen LogP contribution in [0.15, 0.2) is 23.1 Å². The molecule has 0 spiro atoms. The van der Waals surface area contributed by atoms with Gasteiger partial charge in [0.05, 0.1) is 27.1 Å². The van der Waals surface area contributed by atoms with Crippen molar-refractivity contribution in [2.75, 3.05) is 5.73 Å². The number of aryl methyl sites for hydroxylation is 2. The van der Waals surface area contributed by atoms with Crippen LogP contribution in [0, 0.1) is 19.7 Å². The maximum Gasteiger partial charge on any atom is 0.141 e. The smallest absolute Gasteiger partial charge is 0.141 e. The van der Waals surface area contributed by atoms with Crippen molar-refractivity contribution in [1.82, 2.24) is 4.98 Å². The number of nitrogen functional groups attached to an aromatic ring is 1. The van der Waals surface area contributed by atoms with Gasteiger partial charge in [0.25, 0.3) is 0 Å². The molecule has 0 saturated heterocycles. The van der Waals surface area contributed by atoms with Gasteiger partial charge in [-0.1, -0.05) is 0 Å². The van der Waals surface area contributed by atoms with Crippen molar-refractivity contribution >= 4 is 27.8 Å². The Kier molecular flexibility index (Phi) is 3.77. The first kappa shape index (κ1) is 13.2. The normalized spacial score (nSPS) is 12.6. The second kappa shape index (κ2) is 5.16. The van der Waals surface area contributed by atoms with Crippen molar-refractivity contribution in [3.05, 3.63) is 39.6 Å². The van der Waals surface area contributed by atoms with Gasteiger partial charge in [-0.2, -0.15) is 0 Å². The van der Waals surface area contributed by atoms with E-state index in [2.05, 4.69) is 4.98 Å². The Hall–Kier alpha value is -1.27. The van der Waals surface area contributed by atoms with Crippen LogP contribution in [0.4, 0.5) is 10.1 Å². The lowest BCUT2D eigenvalue weighted by Crippen LogP contribution is -2.00. The number of rotatable bonds is 3. The highest BCUT2D eigenvalue weighted by atomic mass is 32.2. The molecule has 0 bridgehead atoms. The molecule has 18 heavy (non-hydrogen) atoms. The zero-order valence-corrected chi connectivity index (χ0v) is 11.7. The van der Waals surface area contributed by atoms with Gasteiger partial charge in [-0.25, -0.2) is 9.37 Å². The predicted molar refractivity (Wildman–Crippen MR) is 72.5 cm³/mol. The van der Waals surface area contributed by atoms with Gasteiger partial charge in [0.2, 0.25) is 0 Å². The molecule has 2 aromatic rings. The first-order valence-corrected chi connectivity index (χ1v) is 7.47. The lowest BCUT2D eigenvalue weighted by molar-refractivity contribution is 0.596. The third-order valence-corrected chi connectivity index (χ3v) is 5.14. The van der Waals surface area contributed by atoms with Gasteiger partial charge in [0.15, 0.2) is 0 Å². The van der Waals surface area contributed by atoms with Crippen molar-refractivity contribution in [3.8, 4) is 0 Å². The fourth-order valence-corrected chi connectivity index (χ4v) is 3.72. The second-order valence-electron chi connectivity index (χ2n) is 3.93. The number of nitrogens with zero attached hydrogens (tertiary/aromatic N) is 1. The Bertz CT molecular complexity index is 591. The van der Waals surface area contributed by atoms with Gasteiger partial charge in [-0.15, -0.1) is 11.3 Å². The van der Waals surface area contributed by atoms with Gasteiger partial charge in [0, 0.05) is 10.6 Å². The van der Waals surface area contributed by atoms with E-state index >= 15 is 0 Å².